The fourth-order valence-electron chi connectivity index (χ4n) is 1.40. The van der Waals surface area contributed by atoms with Crippen molar-refractivity contribution in [2.75, 3.05) is 0 Å². The SMILES string of the molecule is O=S(=O)(Cl)c1cccc2c(Cl)ncc(F)c12. The van der Waals surface area contributed by atoms with Gasteiger partial charge in [0, 0.05) is 21.5 Å². The first kappa shape index (κ1) is 11.6. The zero-order valence-electron chi connectivity index (χ0n) is 7.62. The Balaban J connectivity index is 3.04. The zero-order chi connectivity index (χ0) is 11.9. The van der Waals surface area contributed by atoms with Crippen LogP contribution in [0, 0.1) is 5.82 Å². The van der Waals surface area contributed by atoms with Crippen molar-refractivity contribution in [2.45, 2.75) is 4.90 Å². The minimum Gasteiger partial charge on any atom is -0.241 e. The van der Waals surface area contributed by atoms with E-state index in [4.69, 9.17) is 22.3 Å². The minimum absolute atomic E-state index is 0.0265. The Hall–Kier alpha value is -0.910. The van der Waals surface area contributed by atoms with Crippen LogP contribution in [-0.4, -0.2) is 13.4 Å². The molecular formula is C9H4Cl2FNO2S. The van der Waals surface area contributed by atoms with Crippen LogP contribution in [0.2, 0.25) is 5.15 Å². The quantitative estimate of drug-likeness (QED) is 0.596. The molecule has 0 spiro atoms. The van der Waals surface area contributed by atoms with Crippen molar-refractivity contribution in [2.24, 2.45) is 0 Å². The molecule has 2 aromatic rings. The van der Waals surface area contributed by atoms with Gasteiger partial charge in [0.1, 0.15) is 5.15 Å². The fraction of sp³-hybridized carbons (Fsp3) is 0. The van der Waals surface area contributed by atoms with Gasteiger partial charge in [0.15, 0.2) is 5.82 Å². The van der Waals surface area contributed by atoms with Crippen LogP contribution < -0.4 is 0 Å². The first-order valence-electron chi connectivity index (χ1n) is 4.08. The van der Waals surface area contributed by atoms with E-state index in [0.717, 1.165) is 6.20 Å². The second kappa shape index (κ2) is 3.84. The van der Waals surface area contributed by atoms with Gasteiger partial charge >= 0.3 is 0 Å². The molecular weight excluding hydrogens is 276 g/mol. The van der Waals surface area contributed by atoms with Crippen LogP contribution in [0.5, 0.6) is 0 Å². The van der Waals surface area contributed by atoms with Crippen LogP contribution in [0.3, 0.4) is 0 Å². The van der Waals surface area contributed by atoms with Crippen molar-refractivity contribution in [3.05, 3.63) is 35.4 Å². The van der Waals surface area contributed by atoms with Gasteiger partial charge in [-0.25, -0.2) is 17.8 Å². The Morgan fingerprint density at radius 2 is 2.00 bits per heavy atom. The van der Waals surface area contributed by atoms with E-state index in [1.807, 2.05) is 0 Å². The van der Waals surface area contributed by atoms with E-state index in [0.29, 0.717) is 0 Å². The topological polar surface area (TPSA) is 47.0 Å². The Morgan fingerprint density at radius 3 is 2.62 bits per heavy atom. The standard InChI is InChI=1S/C9H4Cl2FNO2S/c10-9-5-2-1-3-7(16(11,14)15)8(5)6(12)4-13-9/h1-4H. The molecule has 0 saturated heterocycles. The normalized spacial score (nSPS) is 11.9. The molecule has 3 nitrogen and oxygen atoms in total. The summed E-state index contributed by atoms with van der Waals surface area (Å²) < 4.78 is 36.0. The molecule has 0 aliphatic carbocycles. The van der Waals surface area contributed by atoms with Gasteiger partial charge in [0.2, 0.25) is 0 Å². The fourth-order valence-corrected chi connectivity index (χ4v) is 2.68. The maximum Gasteiger partial charge on any atom is 0.262 e. The van der Waals surface area contributed by atoms with Crippen molar-refractivity contribution < 1.29 is 12.8 Å². The highest BCUT2D eigenvalue weighted by Gasteiger charge is 2.18. The van der Waals surface area contributed by atoms with Crippen LogP contribution in [0.1, 0.15) is 0 Å². The number of rotatable bonds is 1. The average Bonchev–Trinajstić information content (AvgIpc) is 2.22. The summed E-state index contributed by atoms with van der Waals surface area (Å²) in [5, 5.41) is 0.0967. The molecule has 1 aromatic heterocycles. The molecule has 1 heterocycles. The third kappa shape index (κ3) is 1.86. The first-order chi connectivity index (χ1) is 7.41. The number of benzene rings is 1. The molecule has 0 bridgehead atoms. The lowest BCUT2D eigenvalue weighted by Crippen LogP contribution is -1.95. The van der Waals surface area contributed by atoms with Gasteiger partial charge in [-0.3, -0.25) is 0 Å². The molecule has 0 radical (unpaired) electrons. The third-order valence-corrected chi connectivity index (χ3v) is 3.71. The first-order valence-corrected chi connectivity index (χ1v) is 6.77. The third-order valence-electron chi connectivity index (χ3n) is 2.04. The van der Waals surface area contributed by atoms with E-state index in [1.165, 1.54) is 18.2 Å². The summed E-state index contributed by atoms with van der Waals surface area (Å²) in [6.07, 6.45) is 0.857. The van der Waals surface area contributed by atoms with Gasteiger partial charge in [0.25, 0.3) is 9.05 Å². The Labute approximate surface area is 100 Å². The van der Waals surface area contributed by atoms with Gasteiger partial charge in [-0.05, 0) is 6.07 Å². The molecule has 16 heavy (non-hydrogen) atoms. The number of halogens is 3. The van der Waals surface area contributed by atoms with Crippen LogP contribution in [0.15, 0.2) is 29.3 Å². The zero-order valence-corrected chi connectivity index (χ0v) is 9.94. The second-order valence-corrected chi connectivity index (χ2v) is 5.91. The van der Waals surface area contributed by atoms with E-state index in [2.05, 4.69) is 4.98 Å². The Morgan fingerprint density at radius 1 is 1.31 bits per heavy atom. The minimum atomic E-state index is -4.02. The number of nitrogens with zero attached hydrogens (tertiary/aromatic N) is 1. The van der Waals surface area contributed by atoms with E-state index in [-0.39, 0.29) is 20.8 Å². The number of hydrogen-bond donors (Lipinski definition) is 0. The monoisotopic (exact) mass is 279 g/mol. The van der Waals surface area contributed by atoms with E-state index >= 15 is 0 Å². The van der Waals surface area contributed by atoms with Crippen molar-refractivity contribution in [1.29, 1.82) is 0 Å². The molecule has 0 saturated carbocycles. The van der Waals surface area contributed by atoms with Crippen molar-refractivity contribution in [3.8, 4) is 0 Å². The second-order valence-electron chi connectivity index (χ2n) is 3.01. The summed E-state index contributed by atoms with van der Waals surface area (Å²) in [4.78, 5) is 3.27. The smallest absolute Gasteiger partial charge is 0.241 e. The lowest BCUT2D eigenvalue weighted by Gasteiger charge is -2.05. The molecule has 2 rings (SSSR count). The lowest BCUT2D eigenvalue weighted by molar-refractivity contribution is 0.607. The van der Waals surface area contributed by atoms with Gasteiger partial charge in [-0.2, -0.15) is 0 Å². The van der Waals surface area contributed by atoms with Gasteiger partial charge in [-0.1, -0.05) is 23.7 Å². The predicted molar refractivity (Wildman–Crippen MR) is 59.7 cm³/mol. The number of pyridine rings is 1. The summed E-state index contributed by atoms with van der Waals surface area (Å²) in [7, 11) is 1.18. The van der Waals surface area contributed by atoms with Crippen molar-refractivity contribution in [3.63, 3.8) is 0 Å². The number of hydrogen-bond acceptors (Lipinski definition) is 3. The summed E-state index contributed by atoms with van der Waals surface area (Å²) in [5.74, 6) is -0.778. The van der Waals surface area contributed by atoms with Crippen LogP contribution in [0.25, 0.3) is 10.8 Å². The molecule has 0 fully saturated rings. The van der Waals surface area contributed by atoms with Crippen LogP contribution in [0.4, 0.5) is 4.39 Å². The summed E-state index contributed by atoms with van der Waals surface area (Å²) in [5.41, 5.74) is 0. The molecule has 0 unspecified atom stereocenters. The maximum atomic E-state index is 13.5. The molecule has 0 atom stereocenters. The van der Waals surface area contributed by atoms with Crippen molar-refractivity contribution >= 4 is 42.1 Å². The molecule has 0 N–H and O–H groups in total. The number of fused-ring (bicyclic) bond motifs is 1. The lowest BCUT2D eigenvalue weighted by atomic mass is 10.2. The molecule has 0 aliphatic heterocycles. The largest absolute Gasteiger partial charge is 0.262 e. The Kier molecular flexibility index (Phi) is 2.77. The predicted octanol–water partition coefficient (Wildman–Crippen LogP) is 2.95. The van der Waals surface area contributed by atoms with Gasteiger partial charge in [0.05, 0.1) is 11.1 Å². The molecule has 0 aliphatic rings. The van der Waals surface area contributed by atoms with Gasteiger partial charge in [-0.15, -0.1) is 0 Å². The summed E-state index contributed by atoms with van der Waals surface area (Å²) in [6, 6.07) is 4.11. The molecule has 84 valence electrons. The number of aromatic nitrogens is 1. The molecule has 1 aromatic carbocycles. The average molecular weight is 280 g/mol. The molecule has 0 amide bonds. The van der Waals surface area contributed by atoms with Crippen molar-refractivity contribution in [1.82, 2.24) is 4.98 Å². The van der Waals surface area contributed by atoms with Gasteiger partial charge < -0.3 is 0 Å². The summed E-state index contributed by atoms with van der Waals surface area (Å²) in [6.45, 7) is 0. The highest BCUT2D eigenvalue weighted by atomic mass is 35.7. The van der Waals surface area contributed by atoms with E-state index < -0.39 is 14.9 Å². The highest BCUT2D eigenvalue weighted by Crippen LogP contribution is 2.30. The molecule has 7 heteroatoms. The highest BCUT2D eigenvalue weighted by molar-refractivity contribution is 8.14. The van der Waals surface area contributed by atoms with E-state index in [1.54, 1.807) is 0 Å². The van der Waals surface area contributed by atoms with Crippen LogP contribution >= 0.6 is 22.3 Å². The summed E-state index contributed by atoms with van der Waals surface area (Å²) >= 11 is 5.74. The Bertz CT molecular complexity index is 673. The maximum absolute atomic E-state index is 13.5. The van der Waals surface area contributed by atoms with E-state index in [9.17, 15) is 12.8 Å². The van der Waals surface area contributed by atoms with Crippen LogP contribution in [-0.2, 0) is 9.05 Å².